The minimum atomic E-state index is -3.45. The highest BCUT2D eigenvalue weighted by atomic mass is 32.2. The zero-order chi connectivity index (χ0) is 17.9. The van der Waals surface area contributed by atoms with Gasteiger partial charge in [0.25, 0.3) is 10.0 Å². The number of nitrogens with two attached hydrogens (primary N) is 1. The van der Waals surface area contributed by atoms with Crippen molar-refractivity contribution in [3.8, 4) is 0 Å². The van der Waals surface area contributed by atoms with Crippen LogP contribution < -0.4 is 10.0 Å². The predicted molar refractivity (Wildman–Crippen MR) is 94.5 cm³/mol. The van der Waals surface area contributed by atoms with Crippen LogP contribution >= 0.6 is 0 Å². The fourth-order valence-corrected chi connectivity index (χ4v) is 4.37. The van der Waals surface area contributed by atoms with E-state index >= 15 is 0 Å². The summed E-state index contributed by atoms with van der Waals surface area (Å²) in [6, 6.07) is 3.41. The summed E-state index contributed by atoms with van der Waals surface area (Å²) in [5, 5.41) is 9.54. The number of hydrogen-bond acceptors (Lipinski definition) is 7. The van der Waals surface area contributed by atoms with Gasteiger partial charge in [0.1, 0.15) is 5.82 Å². The lowest BCUT2D eigenvalue weighted by molar-refractivity contribution is 0.0812. The van der Waals surface area contributed by atoms with Crippen molar-refractivity contribution in [3.05, 3.63) is 23.9 Å². The molecular formula is C16H26N4O4S. The molecule has 0 radical (unpaired) electrons. The molecule has 1 aromatic heterocycles. The average Bonchev–Trinajstić information content (AvgIpc) is 2.61. The fourth-order valence-electron chi connectivity index (χ4n) is 3.17. The minimum Gasteiger partial charge on any atom is -0.393 e. The van der Waals surface area contributed by atoms with E-state index < -0.39 is 10.0 Å². The van der Waals surface area contributed by atoms with Crippen LogP contribution in [0, 0.1) is 0 Å². The molecule has 8 nitrogen and oxygen atoms in total. The third-order valence-corrected chi connectivity index (χ3v) is 6.28. The first kappa shape index (κ1) is 18.5. The van der Waals surface area contributed by atoms with E-state index in [2.05, 4.69) is 9.88 Å². The molecule has 0 aliphatic carbocycles. The van der Waals surface area contributed by atoms with Crippen LogP contribution in [-0.4, -0.2) is 68.2 Å². The van der Waals surface area contributed by atoms with Gasteiger partial charge in [-0.3, -0.25) is 0 Å². The molecule has 2 fully saturated rings. The number of ether oxygens (including phenoxy) is 1. The molecule has 3 heterocycles. The molecule has 0 aromatic carbocycles. The maximum Gasteiger partial charge on any atom is 0.260 e. The third kappa shape index (κ3) is 4.68. The molecule has 3 N–H and O–H groups in total. The van der Waals surface area contributed by atoms with Gasteiger partial charge in [-0.25, -0.2) is 17.7 Å². The fraction of sp³-hybridized carbons (Fsp3) is 0.688. The van der Waals surface area contributed by atoms with Gasteiger partial charge >= 0.3 is 0 Å². The molecule has 1 aromatic rings. The second kappa shape index (κ2) is 7.96. The Morgan fingerprint density at radius 1 is 1.32 bits per heavy atom. The maximum atomic E-state index is 12.0. The van der Waals surface area contributed by atoms with Crippen molar-refractivity contribution in [3.63, 3.8) is 0 Å². The second-order valence-corrected chi connectivity index (χ2v) is 8.47. The van der Waals surface area contributed by atoms with Gasteiger partial charge in [-0.15, -0.1) is 0 Å². The number of rotatable bonds is 5. The van der Waals surface area contributed by atoms with Gasteiger partial charge in [-0.1, -0.05) is 6.07 Å². The van der Waals surface area contributed by atoms with Crippen LogP contribution in [0.3, 0.4) is 0 Å². The molecule has 0 bridgehead atoms. The second-order valence-electron chi connectivity index (χ2n) is 6.63. The SMILES string of the molecule is N[C@H](CCN1CCC(O)CC1)c1ccc(N2CCOCS2(=O)=O)nc1. The summed E-state index contributed by atoms with van der Waals surface area (Å²) in [6.07, 6.45) is 3.93. The van der Waals surface area contributed by atoms with Crippen LogP contribution in [0.1, 0.15) is 30.9 Å². The largest absolute Gasteiger partial charge is 0.393 e. The van der Waals surface area contributed by atoms with Crippen molar-refractivity contribution in [2.75, 3.05) is 43.0 Å². The Labute approximate surface area is 148 Å². The van der Waals surface area contributed by atoms with E-state index in [1.807, 2.05) is 6.07 Å². The summed E-state index contributed by atoms with van der Waals surface area (Å²) in [6.45, 7) is 3.33. The van der Waals surface area contributed by atoms with E-state index in [9.17, 15) is 13.5 Å². The molecule has 1 atom stereocenters. The Morgan fingerprint density at radius 2 is 2.08 bits per heavy atom. The first-order valence-corrected chi connectivity index (χ1v) is 10.3. The van der Waals surface area contributed by atoms with Gasteiger partial charge < -0.3 is 20.5 Å². The predicted octanol–water partition coefficient (Wildman–Crippen LogP) is 0.0521. The van der Waals surface area contributed by atoms with Gasteiger partial charge in [0.05, 0.1) is 19.3 Å². The molecule has 0 saturated carbocycles. The standard InChI is InChI=1S/C16H26N4O4S/c17-15(5-8-19-6-3-14(21)4-7-19)13-1-2-16(18-11-13)20-9-10-24-12-25(20,22)23/h1-2,11,14-15,21H,3-10,12,17H2/t15-/m1/s1. The minimum absolute atomic E-state index is 0.144. The Hall–Kier alpha value is -1.26. The normalized spacial score (nSPS) is 23.5. The summed E-state index contributed by atoms with van der Waals surface area (Å²) in [4.78, 5) is 6.60. The van der Waals surface area contributed by atoms with E-state index in [0.717, 1.165) is 44.5 Å². The summed E-state index contributed by atoms with van der Waals surface area (Å²) < 4.78 is 30.3. The number of aromatic nitrogens is 1. The van der Waals surface area contributed by atoms with Gasteiger partial charge in [0, 0.05) is 25.3 Å². The quantitative estimate of drug-likeness (QED) is 0.754. The lowest BCUT2D eigenvalue weighted by atomic mass is 10.0. The summed E-state index contributed by atoms with van der Waals surface area (Å²) >= 11 is 0. The summed E-state index contributed by atoms with van der Waals surface area (Å²) in [5.41, 5.74) is 7.15. The van der Waals surface area contributed by atoms with Gasteiger partial charge in [0.15, 0.2) is 5.94 Å². The Bertz CT molecular complexity index is 659. The number of aliphatic hydroxyl groups is 1. The zero-order valence-electron chi connectivity index (χ0n) is 14.2. The van der Waals surface area contributed by atoms with E-state index in [4.69, 9.17) is 10.5 Å². The molecule has 25 heavy (non-hydrogen) atoms. The van der Waals surface area contributed by atoms with Crippen LogP contribution in [0.5, 0.6) is 0 Å². The van der Waals surface area contributed by atoms with E-state index in [-0.39, 0.29) is 24.6 Å². The number of aliphatic hydroxyl groups excluding tert-OH is 1. The molecule has 2 saturated heterocycles. The molecule has 0 unspecified atom stereocenters. The van der Waals surface area contributed by atoms with Crippen molar-refractivity contribution in [2.45, 2.75) is 31.4 Å². The van der Waals surface area contributed by atoms with Crippen LogP contribution in [0.25, 0.3) is 0 Å². The van der Waals surface area contributed by atoms with Gasteiger partial charge in [0.2, 0.25) is 0 Å². The Kier molecular flexibility index (Phi) is 5.90. The first-order chi connectivity index (χ1) is 12.0. The van der Waals surface area contributed by atoms with E-state index in [1.165, 1.54) is 4.31 Å². The molecule has 3 rings (SSSR count). The summed E-state index contributed by atoms with van der Waals surface area (Å²) in [7, 11) is -3.45. The number of anilines is 1. The smallest absolute Gasteiger partial charge is 0.260 e. The van der Waals surface area contributed by atoms with Gasteiger partial charge in [-0.2, -0.15) is 0 Å². The van der Waals surface area contributed by atoms with Crippen molar-refractivity contribution in [1.29, 1.82) is 0 Å². The molecule has 0 amide bonds. The highest BCUT2D eigenvalue weighted by Gasteiger charge is 2.27. The number of sulfonamides is 1. The Balaban J connectivity index is 1.56. The molecular weight excluding hydrogens is 344 g/mol. The zero-order valence-corrected chi connectivity index (χ0v) is 15.1. The number of piperidine rings is 1. The molecule has 0 spiro atoms. The molecule has 2 aliphatic rings. The van der Waals surface area contributed by atoms with E-state index in [0.29, 0.717) is 12.4 Å². The summed E-state index contributed by atoms with van der Waals surface area (Å²) in [5.74, 6) is 0.102. The lowest BCUT2D eigenvalue weighted by Gasteiger charge is -2.30. The molecule has 9 heteroatoms. The van der Waals surface area contributed by atoms with E-state index in [1.54, 1.807) is 12.3 Å². The number of nitrogens with zero attached hydrogens (tertiary/aromatic N) is 3. The monoisotopic (exact) mass is 370 g/mol. The van der Waals surface area contributed by atoms with Crippen LogP contribution in [-0.2, 0) is 14.8 Å². The van der Waals surface area contributed by atoms with Crippen LogP contribution in [0.2, 0.25) is 0 Å². The van der Waals surface area contributed by atoms with Crippen LogP contribution in [0.15, 0.2) is 18.3 Å². The number of hydrogen-bond donors (Lipinski definition) is 2. The molecule has 140 valence electrons. The number of likely N-dealkylation sites (tertiary alicyclic amines) is 1. The van der Waals surface area contributed by atoms with Crippen molar-refractivity contribution >= 4 is 15.8 Å². The highest BCUT2D eigenvalue weighted by molar-refractivity contribution is 7.92. The maximum absolute atomic E-state index is 12.0. The first-order valence-electron chi connectivity index (χ1n) is 8.66. The average molecular weight is 370 g/mol. The third-order valence-electron chi connectivity index (χ3n) is 4.77. The molecule has 2 aliphatic heterocycles. The Morgan fingerprint density at radius 3 is 2.72 bits per heavy atom. The van der Waals surface area contributed by atoms with Gasteiger partial charge in [-0.05, 0) is 37.4 Å². The topological polar surface area (TPSA) is 109 Å². The number of pyridine rings is 1. The van der Waals surface area contributed by atoms with Crippen molar-refractivity contribution in [1.82, 2.24) is 9.88 Å². The van der Waals surface area contributed by atoms with Crippen molar-refractivity contribution < 1.29 is 18.3 Å². The highest BCUT2D eigenvalue weighted by Crippen LogP contribution is 2.22. The van der Waals surface area contributed by atoms with Crippen LogP contribution in [0.4, 0.5) is 5.82 Å². The lowest BCUT2D eigenvalue weighted by Crippen LogP contribution is -2.41. The van der Waals surface area contributed by atoms with Crippen molar-refractivity contribution in [2.24, 2.45) is 5.73 Å².